The molecule has 1 aromatic carbocycles. The molecule has 4 nitrogen and oxygen atoms in total. The van der Waals surface area contributed by atoms with Gasteiger partial charge in [-0.15, -0.1) is 0 Å². The van der Waals surface area contributed by atoms with E-state index in [1.54, 1.807) is 0 Å². The third kappa shape index (κ3) is 1.99. The van der Waals surface area contributed by atoms with Crippen LogP contribution >= 0.6 is 0 Å². The smallest absolute Gasteiger partial charge is 0.298 e. The second-order valence-corrected chi connectivity index (χ2v) is 6.09. The van der Waals surface area contributed by atoms with E-state index >= 15 is 0 Å². The number of hydrogen-bond donors (Lipinski definition) is 0. The summed E-state index contributed by atoms with van der Waals surface area (Å²) in [5.41, 5.74) is 1.87. The van der Waals surface area contributed by atoms with Gasteiger partial charge >= 0.3 is 0 Å². The molecule has 1 aliphatic rings. The summed E-state index contributed by atoms with van der Waals surface area (Å²) in [6, 6.07) is 8.97. The molecule has 1 aliphatic carbocycles. The Labute approximate surface area is 119 Å². The fourth-order valence-electron chi connectivity index (χ4n) is 3.15. The Morgan fingerprint density at radius 3 is 2.80 bits per heavy atom. The molecule has 2 aromatic rings. The van der Waals surface area contributed by atoms with Gasteiger partial charge in [0, 0.05) is 25.1 Å². The van der Waals surface area contributed by atoms with Gasteiger partial charge in [0.05, 0.1) is 6.10 Å². The van der Waals surface area contributed by atoms with Crippen LogP contribution in [0.4, 0.5) is 6.01 Å². The Morgan fingerprint density at radius 2 is 2.15 bits per heavy atom. The number of para-hydroxylation sites is 2. The minimum atomic E-state index is 0.116. The summed E-state index contributed by atoms with van der Waals surface area (Å²) in [5, 5.41) is 0. The molecule has 0 aliphatic heterocycles. The third-order valence-electron chi connectivity index (χ3n) is 4.55. The number of oxazole rings is 1. The second kappa shape index (κ2) is 4.77. The van der Waals surface area contributed by atoms with E-state index < -0.39 is 0 Å². The molecule has 0 bridgehead atoms. The molecule has 3 rings (SSSR count). The van der Waals surface area contributed by atoms with Crippen molar-refractivity contribution in [2.75, 3.05) is 18.6 Å². The zero-order valence-electron chi connectivity index (χ0n) is 12.6. The third-order valence-corrected chi connectivity index (χ3v) is 4.55. The molecule has 0 saturated heterocycles. The van der Waals surface area contributed by atoms with E-state index in [4.69, 9.17) is 9.15 Å². The zero-order chi connectivity index (χ0) is 14.3. The van der Waals surface area contributed by atoms with Crippen molar-refractivity contribution in [1.29, 1.82) is 0 Å². The molecule has 2 atom stereocenters. The summed E-state index contributed by atoms with van der Waals surface area (Å²) in [4.78, 5) is 6.72. The number of rotatable bonds is 4. The number of anilines is 1. The quantitative estimate of drug-likeness (QED) is 0.855. The van der Waals surface area contributed by atoms with Gasteiger partial charge in [-0.25, -0.2) is 0 Å². The Bertz CT molecular complexity index is 572. The number of benzene rings is 1. The van der Waals surface area contributed by atoms with Gasteiger partial charge in [-0.3, -0.25) is 0 Å². The van der Waals surface area contributed by atoms with Gasteiger partial charge in [0.15, 0.2) is 5.58 Å². The fraction of sp³-hybridized carbons (Fsp3) is 0.562. The largest absolute Gasteiger partial charge is 0.423 e. The van der Waals surface area contributed by atoms with Crippen LogP contribution in [0.1, 0.15) is 27.2 Å². The van der Waals surface area contributed by atoms with Crippen LogP contribution in [0.2, 0.25) is 0 Å². The van der Waals surface area contributed by atoms with E-state index in [0.29, 0.717) is 18.2 Å². The summed E-state index contributed by atoms with van der Waals surface area (Å²) in [7, 11) is 2.05. The lowest BCUT2D eigenvalue weighted by Crippen LogP contribution is -2.61. The van der Waals surface area contributed by atoms with Gasteiger partial charge in [0.2, 0.25) is 0 Å². The van der Waals surface area contributed by atoms with E-state index in [1.165, 1.54) is 0 Å². The lowest BCUT2D eigenvalue weighted by molar-refractivity contribution is -0.105. The highest BCUT2D eigenvalue weighted by Crippen LogP contribution is 2.46. The number of fused-ring (bicyclic) bond motifs is 1. The normalized spacial score (nSPS) is 24.6. The van der Waals surface area contributed by atoms with Crippen LogP contribution in [0.5, 0.6) is 0 Å². The molecule has 1 saturated carbocycles. The van der Waals surface area contributed by atoms with Crippen molar-refractivity contribution in [2.24, 2.45) is 5.41 Å². The maximum atomic E-state index is 5.85. The van der Waals surface area contributed by atoms with Crippen LogP contribution < -0.4 is 4.90 Å². The van der Waals surface area contributed by atoms with Gasteiger partial charge in [-0.2, -0.15) is 4.98 Å². The van der Waals surface area contributed by atoms with Crippen molar-refractivity contribution in [3.05, 3.63) is 24.3 Å². The zero-order valence-corrected chi connectivity index (χ0v) is 12.6. The minimum Gasteiger partial charge on any atom is -0.423 e. The fourth-order valence-corrected chi connectivity index (χ4v) is 3.15. The predicted molar refractivity (Wildman–Crippen MR) is 80.0 cm³/mol. The minimum absolute atomic E-state index is 0.116. The second-order valence-electron chi connectivity index (χ2n) is 6.09. The molecular weight excluding hydrogens is 252 g/mol. The Balaban J connectivity index is 1.81. The average Bonchev–Trinajstić information content (AvgIpc) is 2.86. The van der Waals surface area contributed by atoms with Crippen LogP contribution in [0.25, 0.3) is 11.1 Å². The molecule has 0 spiro atoms. The summed E-state index contributed by atoms with van der Waals surface area (Å²) >= 11 is 0. The molecule has 2 unspecified atom stereocenters. The van der Waals surface area contributed by atoms with E-state index in [2.05, 4.69) is 30.8 Å². The van der Waals surface area contributed by atoms with E-state index in [-0.39, 0.29) is 5.41 Å². The van der Waals surface area contributed by atoms with Crippen LogP contribution in [0.15, 0.2) is 28.7 Å². The molecule has 1 heterocycles. The molecule has 20 heavy (non-hydrogen) atoms. The summed E-state index contributed by atoms with van der Waals surface area (Å²) in [6.45, 7) is 7.32. The van der Waals surface area contributed by atoms with Gasteiger partial charge < -0.3 is 14.1 Å². The highest BCUT2D eigenvalue weighted by Gasteiger charge is 2.51. The predicted octanol–water partition coefficient (Wildman–Crippen LogP) is 3.47. The number of ether oxygens (including phenoxy) is 1. The van der Waals surface area contributed by atoms with Crippen LogP contribution in [0, 0.1) is 5.41 Å². The summed E-state index contributed by atoms with van der Waals surface area (Å²) < 4.78 is 11.6. The van der Waals surface area contributed by atoms with Crippen LogP contribution in [0.3, 0.4) is 0 Å². The van der Waals surface area contributed by atoms with Gasteiger partial charge in [-0.1, -0.05) is 26.0 Å². The lowest BCUT2D eigenvalue weighted by Gasteiger charge is -2.54. The number of aromatic nitrogens is 1. The Hall–Kier alpha value is -1.55. The molecule has 4 heteroatoms. The SMILES string of the molecule is CCOC1CC(N(C)c2nc3ccccc3o2)C1(C)C. The molecular formula is C16H22N2O2. The molecule has 1 fully saturated rings. The first-order chi connectivity index (χ1) is 9.54. The summed E-state index contributed by atoms with van der Waals surface area (Å²) in [6.07, 6.45) is 1.35. The van der Waals surface area contributed by atoms with E-state index in [9.17, 15) is 0 Å². The highest BCUT2D eigenvalue weighted by molar-refractivity contribution is 5.74. The van der Waals surface area contributed by atoms with Crippen molar-refractivity contribution in [1.82, 2.24) is 4.98 Å². The Kier molecular flexibility index (Phi) is 3.21. The van der Waals surface area contributed by atoms with Crippen LogP contribution in [-0.2, 0) is 4.74 Å². The highest BCUT2D eigenvalue weighted by atomic mass is 16.5. The Morgan fingerprint density at radius 1 is 1.40 bits per heavy atom. The average molecular weight is 274 g/mol. The van der Waals surface area contributed by atoms with Gasteiger partial charge in [0.25, 0.3) is 6.01 Å². The first kappa shape index (κ1) is 13.4. The molecule has 0 radical (unpaired) electrons. The van der Waals surface area contributed by atoms with Crippen molar-refractivity contribution < 1.29 is 9.15 Å². The molecule has 108 valence electrons. The standard InChI is InChI=1S/C16H22N2O2/c1-5-19-14-10-13(16(14,2)3)18(4)15-17-11-8-6-7-9-12(11)20-15/h6-9,13-14H,5,10H2,1-4H3. The van der Waals surface area contributed by atoms with Gasteiger partial charge in [-0.05, 0) is 25.5 Å². The van der Waals surface area contributed by atoms with Crippen LogP contribution in [-0.4, -0.2) is 30.8 Å². The lowest BCUT2D eigenvalue weighted by atomic mass is 9.64. The van der Waals surface area contributed by atoms with E-state index in [0.717, 1.165) is 24.1 Å². The van der Waals surface area contributed by atoms with E-state index in [1.807, 2.05) is 31.2 Å². The molecule has 0 N–H and O–H groups in total. The summed E-state index contributed by atoms with van der Waals surface area (Å²) in [5.74, 6) is 0. The van der Waals surface area contributed by atoms with Gasteiger partial charge in [0.1, 0.15) is 5.52 Å². The van der Waals surface area contributed by atoms with Crippen molar-refractivity contribution in [3.63, 3.8) is 0 Å². The monoisotopic (exact) mass is 274 g/mol. The van der Waals surface area contributed by atoms with Crippen molar-refractivity contribution >= 4 is 17.1 Å². The van der Waals surface area contributed by atoms with Crippen molar-refractivity contribution in [3.8, 4) is 0 Å². The molecule has 0 amide bonds. The first-order valence-corrected chi connectivity index (χ1v) is 7.24. The number of hydrogen-bond acceptors (Lipinski definition) is 4. The maximum Gasteiger partial charge on any atom is 0.298 e. The first-order valence-electron chi connectivity index (χ1n) is 7.24. The van der Waals surface area contributed by atoms with Crippen molar-refractivity contribution in [2.45, 2.75) is 39.3 Å². The maximum absolute atomic E-state index is 5.85. The number of nitrogens with zero attached hydrogens (tertiary/aromatic N) is 2. The molecule has 1 aromatic heterocycles. The topological polar surface area (TPSA) is 38.5 Å².